The third kappa shape index (κ3) is 1.53. The van der Waals surface area contributed by atoms with E-state index in [0.717, 1.165) is 0 Å². The summed E-state index contributed by atoms with van der Waals surface area (Å²) in [5.41, 5.74) is 0.149. The second-order valence-electron chi connectivity index (χ2n) is 2.99. The molecule has 0 radical (unpaired) electrons. The quantitative estimate of drug-likeness (QED) is 0.604. The lowest BCUT2D eigenvalue weighted by molar-refractivity contribution is 0.612. The van der Waals surface area contributed by atoms with Crippen LogP contribution < -0.4 is 0 Å². The van der Waals surface area contributed by atoms with E-state index in [1.54, 1.807) is 11.3 Å². The van der Waals surface area contributed by atoms with Crippen LogP contribution in [0.15, 0.2) is 17.5 Å². The number of hydrogen-bond donors (Lipinski definition) is 0. The predicted molar refractivity (Wildman–Crippen MR) is 48.1 cm³/mol. The molecule has 0 unspecified atom stereocenters. The topological polar surface area (TPSA) is 0 Å². The van der Waals surface area contributed by atoms with E-state index >= 15 is 0 Å². The van der Waals surface area contributed by atoms with Gasteiger partial charge in [-0.2, -0.15) is 0 Å². The van der Waals surface area contributed by atoms with Crippen LogP contribution in [0.3, 0.4) is 0 Å². The molecule has 0 bridgehead atoms. The van der Waals surface area contributed by atoms with Crippen molar-refractivity contribution in [3.05, 3.63) is 22.4 Å². The van der Waals surface area contributed by atoms with Gasteiger partial charge in [-0.05, 0) is 11.4 Å². The predicted octanol–water partition coefficient (Wildman–Crippen LogP) is 3.26. The first-order valence-corrected chi connectivity index (χ1v) is 4.68. The highest BCUT2D eigenvalue weighted by molar-refractivity contribution is 7.10. The van der Waals surface area contributed by atoms with Gasteiger partial charge >= 0.3 is 0 Å². The molecule has 0 atom stereocenters. The highest BCUT2D eigenvalue weighted by Crippen LogP contribution is 2.28. The summed E-state index contributed by atoms with van der Waals surface area (Å²) in [5.74, 6) is 0.688. The van der Waals surface area contributed by atoms with Crippen LogP contribution >= 0.6 is 22.9 Å². The molecule has 56 valence electrons. The number of hydrogen-bond acceptors (Lipinski definition) is 1. The average molecular weight is 175 g/mol. The van der Waals surface area contributed by atoms with Gasteiger partial charge in [0, 0.05) is 16.2 Å². The second-order valence-corrected chi connectivity index (χ2v) is 4.21. The Morgan fingerprint density at radius 2 is 2.30 bits per heavy atom. The minimum atomic E-state index is 0.149. The Morgan fingerprint density at radius 3 is 2.70 bits per heavy atom. The maximum atomic E-state index is 5.79. The van der Waals surface area contributed by atoms with Crippen molar-refractivity contribution in [1.29, 1.82) is 0 Å². The van der Waals surface area contributed by atoms with Crippen molar-refractivity contribution in [3.63, 3.8) is 0 Å². The van der Waals surface area contributed by atoms with Crippen LogP contribution in [0, 0.1) is 0 Å². The van der Waals surface area contributed by atoms with Crippen LogP contribution in [0.25, 0.3) is 0 Å². The molecule has 10 heavy (non-hydrogen) atoms. The van der Waals surface area contributed by atoms with E-state index in [4.69, 9.17) is 11.6 Å². The fourth-order valence-electron chi connectivity index (χ4n) is 0.730. The number of thiophene rings is 1. The van der Waals surface area contributed by atoms with Crippen molar-refractivity contribution >= 4 is 22.9 Å². The summed E-state index contributed by atoms with van der Waals surface area (Å²) >= 11 is 7.56. The van der Waals surface area contributed by atoms with Crippen LogP contribution in [0.2, 0.25) is 0 Å². The molecular weight excluding hydrogens is 164 g/mol. The normalized spacial score (nSPS) is 11.9. The summed E-state index contributed by atoms with van der Waals surface area (Å²) < 4.78 is 0. The molecule has 2 heteroatoms. The van der Waals surface area contributed by atoms with Crippen molar-refractivity contribution in [2.45, 2.75) is 19.3 Å². The van der Waals surface area contributed by atoms with Gasteiger partial charge in [0.2, 0.25) is 0 Å². The highest BCUT2D eigenvalue weighted by atomic mass is 35.5. The zero-order valence-electron chi connectivity index (χ0n) is 6.23. The number of alkyl halides is 1. The molecule has 0 amide bonds. The van der Waals surface area contributed by atoms with E-state index in [-0.39, 0.29) is 5.41 Å². The van der Waals surface area contributed by atoms with Gasteiger partial charge in [-0.1, -0.05) is 19.9 Å². The van der Waals surface area contributed by atoms with Crippen LogP contribution in [0.5, 0.6) is 0 Å². The molecule has 1 aromatic rings. The molecule has 0 nitrogen and oxygen atoms in total. The Balaban J connectivity index is 2.85. The highest BCUT2D eigenvalue weighted by Gasteiger charge is 2.19. The summed E-state index contributed by atoms with van der Waals surface area (Å²) in [6.07, 6.45) is 0. The van der Waals surface area contributed by atoms with Crippen LogP contribution in [0.1, 0.15) is 18.7 Å². The molecule has 0 saturated carbocycles. The Hall–Kier alpha value is -0.0100. The Labute approximate surface area is 70.8 Å². The smallest absolute Gasteiger partial charge is 0.0323 e. The lowest BCUT2D eigenvalue weighted by Gasteiger charge is -2.18. The molecule has 0 aliphatic heterocycles. The minimum absolute atomic E-state index is 0.149. The maximum absolute atomic E-state index is 5.79. The van der Waals surface area contributed by atoms with Gasteiger partial charge in [-0.3, -0.25) is 0 Å². The number of halogens is 1. The first-order chi connectivity index (χ1) is 4.67. The molecule has 1 heterocycles. The molecule has 0 N–H and O–H groups in total. The summed E-state index contributed by atoms with van der Waals surface area (Å²) in [6.45, 7) is 4.32. The van der Waals surface area contributed by atoms with Crippen molar-refractivity contribution in [2.75, 3.05) is 5.88 Å². The lowest BCUT2D eigenvalue weighted by Crippen LogP contribution is -2.16. The third-order valence-corrected chi connectivity index (χ3v) is 3.43. The molecule has 0 spiro atoms. The van der Waals surface area contributed by atoms with Crippen molar-refractivity contribution < 1.29 is 0 Å². The van der Waals surface area contributed by atoms with Crippen molar-refractivity contribution in [1.82, 2.24) is 0 Å². The second kappa shape index (κ2) is 2.93. The Morgan fingerprint density at radius 1 is 1.60 bits per heavy atom. The minimum Gasteiger partial charge on any atom is -0.148 e. The van der Waals surface area contributed by atoms with E-state index in [1.165, 1.54) is 4.88 Å². The van der Waals surface area contributed by atoms with Crippen LogP contribution in [0.4, 0.5) is 0 Å². The monoisotopic (exact) mass is 174 g/mol. The number of rotatable bonds is 2. The Kier molecular flexibility index (Phi) is 2.37. The summed E-state index contributed by atoms with van der Waals surface area (Å²) in [5, 5.41) is 2.09. The van der Waals surface area contributed by atoms with Crippen molar-refractivity contribution in [3.8, 4) is 0 Å². The standard InChI is InChI=1S/C8H11ClS/c1-8(2,6-9)7-4-3-5-10-7/h3-5H,6H2,1-2H3. The van der Waals surface area contributed by atoms with Gasteiger partial charge < -0.3 is 0 Å². The van der Waals surface area contributed by atoms with Gasteiger partial charge in [0.25, 0.3) is 0 Å². The SMILES string of the molecule is CC(C)(CCl)c1cccs1. The van der Waals surface area contributed by atoms with E-state index in [1.807, 2.05) is 0 Å². The van der Waals surface area contributed by atoms with Gasteiger partial charge in [0.1, 0.15) is 0 Å². The Bertz CT molecular complexity index is 189. The van der Waals surface area contributed by atoms with Crippen molar-refractivity contribution in [2.24, 2.45) is 0 Å². The first kappa shape index (κ1) is 8.09. The van der Waals surface area contributed by atoms with Crippen LogP contribution in [-0.4, -0.2) is 5.88 Å². The van der Waals surface area contributed by atoms with E-state index in [9.17, 15) is 0 Å². The summed E-state index contributed by atoms with van der Waals surface area (Å²) in [4.78, 5) is 1.36. The van der Waals surface area contributed by atoms with E-state index in [0.29, 0.717) is 5.88 Å². The fraction of sp³-hybridized carbons (Fsp3) is 0.500. The molecule has 0 aliphatic carbocycles. The van der Waals surface area contributed by atoms with E-state index < -0.39 is 0 Å². The van der Waals surface area contributed by atoms with Gasteiger partial charge in [0.05, 0.1) is 0 Å². The summed E-state index contributed by atoms with van der Waals surface area (Å²) in [7, 11) is 0. The molecule has 0 aliphatic rings. The molecule has 0 fully saturated rings. The van der Waals surface area contributed by atoms with E-state index in [2.05, 4.69) is 31.4 Å². The van der Waals surface area contributed by atoms with Gasteiger partial charge in [-0.15, -0.1) is 22.9 Å². The van der Waals surface area contributed by atoms with Gasteiger partial charge in [-0.25, -0.2) is 0 Å². The summed E-state index contributed by atoms with van der Waals surface area (Å²) in [6, 6.07) is 4.20. The largest absolute Gasteiger partial charge is 0.148 e. The molecule has 0 saturated heterocycles. The molecule has 1 rings (SSSR count). The fourth-order valence-corrected chi connectivity index (χ4v) is 1.80. The third-order valence-electron chi connectivity index (χ3n) is 1.52. The first-order valence-electron chi connectivity index (χ1n) is 3.27. The zero-order valence-corrected chi connectivity index (χ0v) is 7.80. The van der Waals surface area contributed by atoms with Gasteiger partial charge in [0.15, 0.2) is 0 Å². The molecule has 1 aromatic heterocycles. The maximum Gasteiger partial charge on any atom is 0.0323 e. The van der Waals surface area contributed by atoms with Crippen LogP contribution in [-0.2, 0) is 5.41 Å². The average Bonchev–Trinajstić information content (AvgIpc) is 2.38. The lowest BCUT2D eigenvalue weighted by atomic mass is 9.94. The molecular formula is C8H11ClS. The zero-order chi connectivity index (χ0) is 7.61. The molecule has 0 aromatic carbocycles.